The number of nitrogens with zero attached hydrogens (tertiary/aromatic N) is 1. The minimum atomic E-state index is -1.64. The maximum atomic E-state index is 12.9. The number of hydrogen-bond donors (Lipinski definition) is 0. The highest BCUT2D eigenvalue weighted by molar-refractivity contribution is 5.70. The average molecular weight is 1260 g/mol. The molecule has 0 amide bonds. The van der Waals surface area contributed by atoms with Crippen LogP contribution >= 0.6 is 0 Å². The molecule has 9 nitrogen and oxygen atoms in total. The fraction of sp³-hybridized carbons (Fsp3) is 0.622. The fourth-order valence-electron chi connectivity index (χ4n) is 9.50. The van der Waals surface area contributed by atoms with Crippen molar-refractivity contribution in [2.75, 3.05) is 47.5 Å². The van der Waals surface area contributed by atoms with Crippen molar-refractivity contribution in [3.05, 3.63) is 170 Å². The van der Waals surface area contributed by atoms with Crippen LogP contribution in [0.1, 0.15) is 271 Å². The van der Waals surface area contributed by atoms with Crippen LogP contribution in [0.25, 0.3) is 0 Å². The monoisotopic (exact) mass is 1260 g/mol. The van der Waals surface area contributed by atoms with Gasteiger partial charge in [0, 0.05) is 12.8 Å². The van der Waals surface area contributed by atoms with E-state index in [1.165, 1.54) is 89.9 Å². The van der Waals surface area contributed by atoms with Gasteiger partial charge in [-0.15, -0.1) is 0 Å². The van der Waals surface area contributed by atoms with Crippen molar-refractivity contribution in [3.8, 4) is 0 Å². The molecule has 0 aliphatic heterocycles. The lowest BCUT2D eigenvalue weighted by molar-refractivity contribution is -0.870. The highest BCUT2D eigenvalue weighted by Gasteiger charge is 2.22. The van der Waals surface area contributed by atoms with Gasteiger partial charge in [-0.2, -0.15) is 0 Å². The number of unbranched alkanes of at least 4 members (excludes halogenated alkanes) is 22. The third-order valence-corrected chi connectivity index (χ3v) is 15.0. The van der Waals surface area contributed by atoms with Crippen LogP contribution in [0, 0.1) is 0 Å². The number of carbonyl (C=O) groups is 3. The van der Waals surface area contributed by atoms with E-state index in [1.807, 2.05) is 21.1 Å². The Morgan fingerprint density at radius 2 is 0.593 bits per heavy atom. The summed E-state index contributed by atoms with van der Waals surface area (Å²) in [5.41, 5.74) is 0. The van der Waals surface area contributed by atoms with Gasteiger partial charge < -0.3 is 33.3 Å². The molecule has 0 saturated carbocycles. The van der Waals surface area contributed by atoms with Crippen LogP contribution in [-0.4, -0.2) is 82.3 Å². The van der Waals surface area contributed by atoms with Gasteiger partial charge in [0.05, 0.1) is 40.3 Å². The molecule has 0 spiro atoms. The first-order valence-corrected chi connectivity index (χ1v) is 36.3. The van der Waals surface area contributed by atoms with Gasteiger partial charge in [-0.1, -0.05) is 300 Å². The van der Waals surface area contributed by atoms with Gasteiger partial charge in [0.1, 0.15) is 13.2 Å². The van der Waals surface area contributed by atoms with E-state index in [-0.39, 0.29) is 38.6 Å². The molecule has 0 saturated heterocycles. The molecule has 0 aromatic rings. The van der Waals surface area contributed by atoms with Crippen LogP contribution < -0.4 is 5.11 Å². The summed E-state index contributed by atoms with van der Waals surface area (Å²) in [6.45, 7) is 4.50. The summed E-state index contributed by atoms with van der Waals surface area (Å²) in [7, 11) is 5.92. The summed E-state index contributed by atoms with van der Waals surface area (Å²) in [5, 5.41) is 11.8. The lowest BCUT2D eigenvalue weighted by atomic mass is 10.0. The molecule has 0 rings (SSSR count). The normalized spacial score (nSPS) is 13.7. The largest absolute Gasteiger partial charge is 0.545 e. The number of carboxylic acid groups (broad SMARTS) is 1. The fourth-order valence-corrected chi connectivity index (χ4v) is 9.50. The van der Waals surface area contributed by atoms with Gasteiger partial charge >= 0.3 is 11.9 Å². The first kappa shape index (κ1) is 85.7. The number of ether oxygens (including phenoxy) is 4. The van der Waals surface area contributed by atoms with Crippen LogP contribution in [0.4, 0.5) is 0 Å². The van der Waals surface area contributed by atoms with E-state index in [0.29, 0.717) is 17.4 Å². The Kier molecular flexibility index (Phi) is 66.4. The second-order valence-corrected chi connectivity index (χ2v) is 24.8. The topological polar surface area (TPSA) is 111 Å². The minimum Gasteiger partial charge on any atom is -0.545 e. The summed E-state index contributed by atoms with van der Waals surface area (Å²) in [6.07, 6.45) is 103. The molecule has 2 unspecified atom stereocenters. The third-order valence-electron chi connectivity index (χ3n) is 15.0. The molecular formula is C82H133NO8. The van der Waals surface area contributed by atoms with Crippen molar-refractivity contribution >= 4 is 17.9 Å². The first-order valence-electron chi connectivity index (χ1n) is 36.3. The Morgan fingerprint density at radius 3 is 0.879 bits per heavy atom. The molecule has 514 valence electrons. The van der Waals surface area contributed by atoms with Crippen LogP contribution in [0.15, 0.2) is 170 Å². The second-order valence-electron chi connectivity index (χ2n) is 24.8. The number of rotatable bonds is 65. The lowest BCUT2D eigenvalue weighted by Gasteiger charge is -2.26. The van der Waals surface area contributed by atoms with E-state index >= 15 is 0 Å². The Morgan fingerprint density at radius 1 is 0.330 bits per heavy atom. The van der Waals surface area contributed by atoms with Gasteiger partial charge in [-0.05, 0) is 128 Å². The zero-order chi connectivity index (χ0) is 66.1. The SMILES string of the molecule is CC/C=C\C/C=C\C/C=C\C/C=C\C/C=C\C/C=C\C/C=C\C/C=C\CCCCCCCCC(=O)OC(COC(=O)CCCCCCCCCCCCCCCCCC/C=C\C/C=C\C/C=C\C/C=C\C/C=C\C/C=C\CC)COC(OCC[N+](C)(C)C)C(=O)[O-]. The number of carbonyl (C=O) groups excluding carboxylic acids is 3. The van der Waals surface area contributed by atoms with Gasteiger partial charge in [-0.3, -0.25) is 9.59 Å². The van der Waals surface area contributed by atoms with Crippen LogP contribution in [0.2, 0.25) is 0 Å². The summed E-state index contributed by atoms with van der Waals surface area (Å²) < 4.78 is 22.8. The van der Waals surface area contributed by atoms with Crippen molar-refractivity contribution in [2.24, 2.45) is 0 Å². The van der Waals surface area contributed by atoms with E-state index in [2.05, 4.69) is 184 Å². The maximum Gasteiger partial charge on any atom is 0.306 e. The average Bonchev–Trinajstić information content (AvgIpc) is 3.65. The number of quaternary nitrogens is 1. The van der Waals surface area contributed by atoms with Gasteiger partial charge in [0.15, 0.2) is 12.4 Å². The number of allylic oxidation sites excluding steroid dienone is 28. The van der Waals surface area contributed by atoms with Gasteiger partial charge in [-0.25, -0.2) is 0 Å². The molecule has 0 aliphatic rings. The highest BCUT2D eigenvalue weighted by atomic mass is 16.7. The molecule has 0 aliphatic carbocycles. The molecule has 9 heteroatoms. The van der Waals surface area contributed by atoms with Crippen molar-refractivity contribution in [1.82, 2.24) is 0 Å². The summed E-state index contributed by atoms with van der Waals surface area (Å²) in [6, 6.07) is 0. The van der Waals surface area contributed by atoms with E-state index < -0.39 is 24.3 Å². The molecule has 91 heavy (non-hydrogen) atoms. The van der Waals surface area contributed by atoms with Crippen LogP contribution in [0.5, 0.6) is 0 Å². The van der Waals surface area contributed by atoms with Crippen LogP contribution in [-0.2, 0) is 33.3 Å². The Bertz CT molecular complexity index is 2100. The van der Waals surface area contributed by atoms with E-state index in [4.69, 9.17) is 18.9 Å². The first-order chi connectivity index (χ1) is 44.6. The van der Waals surface area contributed by atoms with E-state index in [1.54, 1.807) is 0 Å². The lowest BCUT2D eigenvalue weighted by Crippen LogP contribution is -2.44. The molecule has 2 atom stereocenters. The number of hydrogen-bond acceptors (Lipinski definition) is 8. The number of aliphatic carboxylic acids is 1. The number of likely N-dealkylation sites (N-methyl/N-ethyl adjacent to an activating group) is 1. The maximum absolute atomic E-state index is 12.9. The third kappa shape index (κ3) is 71.9. The summed E-state index contributed by atoms with van der Waals surface area (Å²) >= 11 is 0. The molecule has 0 N–H and O–H groups in total. The minimum absolute atomic E-state index is 0.136. The second kappa shape index (κ2) is 70.5. The van der Waals surface area contributed by atoms with Gasteiger partial charge in [0.25, 0.3) is 0 Å². The predicted molar refractivity (Wildman–Crippen MR) is 388 cm³/mol. The Hall–Kier alpha value is -5.35. The quantitative estimate of drug-likeness (QED) is 0.0195. The van der Waals surface area contributed by atoms with E-state index in [9.17, 15) is 19.5 Å². The van der Waals surface area contributed by atoms with Crippen molar-refractivity contribution < 1.29 is 42.9 Å². The smallest absolute Gasteiger partial charge is 0.306 e. The highest BCUT2D eigenvalue weighted by Crippen LogP contribution is 2.16. The molecule has 0 aromatic carbocycles. The zero-order valence-electron chi connectivity index (χ0n) is 58.6. The van der Waals surface area contributed by atoms with Crippen molar-refractivity contribution in [3.63, 3.8) is 0 Å². The molecule has 0 radical (unpaired) electrons. The number of esters is 2. The van der Waals surface area contributed by atoms with Crippen molar-refractivity contribution in [2.45, 2.75) is 283 Å². The van der Waals surface area contributed by atoms with Crippen molar-refractivity contribution in [1.29, 1.82) is 0 Å². The molecule has 0 aromatic heterocycles. The predicted octanol–water partition coefficient (Wildman–Crippen LogP) is 21.7. The summed E-state index contributed by atoms with van der Waals surface area (Å²) in [4.78, 5) is 37.5. The molecule has 0 fully saturated rings. The molecule has 0 heterocycles. The Balaban J connectivity index is 4.17. The zero-order valence-corrected chi connectivity index (χ0v) is 58.6. The van der Waals surface area contributed by atoms with E-state index in [0.717, 1.165) is 148 Å². The number of carboxylic acids is 1. The van der Waals surface area contributed by atoms with Gasteiger partial charge in [0.2, 0.25) is 0 Å². The Labute approximate surface area is 558 Å². The molecular weight excluding hydrogens is 1130 g/mol. The standard InChI is InChI=1S/C82H133NO8/c1-6-8-10-12-14-16-18-20-22-24-26-28-30-32-34-36-38-39-40-41-43-44-46-48-50-52-54-56-58-60-62-64-66-68-70-72-79(84)89-76-78(77-90-82(81(86)87)88-75-74-83(3,4)5)91-80(85)73-71-69-67-65-63-61-59-57-55-53-51-49-47-45-42-37-35-33-31-29-27-25-23-21-19-17-15-13-11-9-7-2/h8-11,14-17,20-23,26-29,32-35,38-39,42,45,49,51,55,57,78,82H,6-7,12-13,18-19,24-25,30-31,36-37,40-41,43-44,46-48,50,52-54,56,58-77H2,1-5H3/b10-8-,11-9-,16-14-,17-15-,22-20-,23-21-,28-26-,29-27-,34-32-,35-33-,39-38-,45-42-,51-49-,57-55-. The van der Waals surface area contributed by atoms with Crippen LogP contribution in [0.3, 0.4) is 0 Å². The summed E-state index contributed by atoms with van der Waals surface area (Å²) in [5.74, 6) is -2.31. The molecule has 0 bridgehead atoms.